The fourth-order valence-electron chi connectivity index (χ4n) is 5.36. The van der Waals surface area contributed by atoms with Gasteiger partial charge in [0.2, 0.25) is 12.7 Å². The first-order chi connectivity index (χ1) is 20.5. The zero-order valence-corrected chi connectivity index (χ0v) is 23.8. The molecule has 0 unspecified atom stereocenters. The summed E-state index contributed by atoms with van der Waals surface area (Å²) < 4.78 is 22.3. The van der Waals surface area contributed by atoms with Crippen molar-refractivity contribution in [3.05, 3.63) is 95.4 Å². The number of furan rings is 1. The molecule has 1 aromatic heterocycles. The van der Waals surface area contributed by atoms with Crippen LogP contribution in [0.15, 0.2) is 77.2 Å². The second-order valence-corrected chi connectivity index (χ2v) is 10.7. The Morgan fingerprint density at radius 1 is 0.833 bits per heavy atom. The maximum Gasteiger partial charge on any atom is 0.254 e. The van der Waals surface area contributed by atoms with Gasteiger partial charge in [-0.3, -0.25) is 14.5 Å². The minimum atomic E-state index is -0.169. The Hall–Kier alpha value is -4.34. The molecule has 0 bridgehead atoms. The van der Waals surface area contributed by atoms with Crippen molar-refractivity contribution in [2.75, 3.05) is 52.7 Å². The molecular weight excluding hydrogens is 534 g/mol. The molecule has 9 nitrogen and oxygen atoms in total. The average molecular weight is 570 g/mol. The van der Waals surface area contributed by atoms with Gasteiger partial charge in [-0.1, -0.05) is 36.4 Å². The van der Waals surface area contributed by atoms with Crippen molar-refractivity contribution in [2.24, 2.45) is 0 Å². The molecule has 42 heavy (non-hydrogen) atoms. The maximum absolute atomic E-state index is 14.0. The summed E-state index contributed by atoms with van der Waals surface area (Å²) in [5.41, 5.74) is 1.46. The number of benzene rings is 3. The Labute approximate surface area is 245 Å². The van der Waals surface area contributed by atoms with E-state index in [9.17, 15) is 9.59 Å². The summed E-state index contributed by atoms with van der Waals surface area (Å²) in [6.45, 7) is 6.66. The number of amides is 2. The lowest BCUT2D eigenvalue weighted by atomic mass is 10.1. The van der Waals surface area contributed by atoms with E-state index < -0.39 is 0 Å². The van der Waals surface area contributed by atoms with Crippen LogP contribution >= 0.6 is 0 Å². The number of morpholine rings is 1. The van der Waals surface area contributed by atoms with Crippen LogP contribution in [-0.4, -0.2) is 79.2 Å². The van der Waals surface area contributed by atoms with Crippen LogP contribution in [0.25, 0.3) is 10.8 Å². The van der Waals surface area contributed by atoms with Crippen LogP contribution < -0.4 is 9.47 Å². The first-order valence-corrected chi connectivity index (χ1v) is 14.3. The van der Waals surface area contributed by atoms with Crippen molar-refractivity contribution in [3.63, 3.8) is 0 Å². The highest BCUT2D eigenvalue weighted by atomic mass is 16.7. The highest BCUT2D eigenvalue weighted by molar-refractivity contribution is 6.00. The van der Waals surface area contributed by atoms with Crippen molar-refractivity contribution in [3.8, 4) is 11.5 Å². The number of rotatable bonds is 10. The smallest absolute Gasteiger partial charge is 0.254 e. The Morgan fingerprint density at radius 2 is 1.64 bits per heavy atom. The van der Waals surface area contributed by atoms with Crippen molar-refractivity contribution >= 4 is 22.6 Å². The molecule has 3 aromatic carbocycles. The van der Waals surface area contributed by atoms with E-state index in [-0.39, 0.29) is 31.7 Å². The van der Waals surface area contributed by atoms with Gasteiger partial charge in [0.25, 0.3) is 5.91 Å². The number of carbonyl (C=O) groups excluding carboxylic acids is 2. The number of nitrogens with zero attached hydrogens (tertiary/aromatic N) is 3. The van der Waals surface area contributed by atoms with Gasteiger partial charge in [-0.25, -0.2) is 0 Å². The van der Waals surface area contributed by atoms with E-state index >= 15 is 0 Å². The van der Waals surface area contributed by atoms with E-state index in [2.05, 4.69) is 4.90 Å². The van der Waals surface area contributed by atoms with E-state index in [1.165, 1.54) is 0 Å². The van der Waals surface area contributed by atoms with Gasteiger partial charge in [-0.05, 0) is 59.7 Å². The van der Waals surface area contributed by atoms with Crippen molar-refractivity contribution in [2.45, 2.75) is 20.0 Å². The van der Waals surface area contributed by atoms with Gasteiger partial charge in [0.05, 0.1) is 19.8 Å². The monoisotopic (exact) mass is 569 g/mol. The molecule has 1 saturated heterocycles. The normalized spacial score (nSPS) is 14.7. The van der Waals surface area contributed by atoms with Crippen LogP contribution in [0.1, 0.15) is 27.4 Å². The van der Waals surface area contributed by atoms with Crippen LogP contribution in [0.4, 0.5) is 0 Å². The minimum Gasteiger partial charge on any atom is -0.464 e. The van der Waals surface area contributed by atoms with Gasteiger partial charge < -0.3 is 28.4 Å². The highest BCUT2D eigenvalue weighted by Gasteiger charge is 2.25. The summed E-state index contributed by atoms with van der Waals surface area (Å²) in [5.74, 6) is 2.47. The number of aryl methyl sites for hydroxylation is 1. The van der Waals surface area contributed by atoms with Gasteiger partial charge >= 0.3 is 0 Å². The predicted molar refractivity (Wildman–Crippen MR) is 157 cm³/mol. The highest BCUT2D eigenvalue weighted by Crippen LogP contribution is 2.33. The number of fused-ring (bicyclic) bond motifs is 2. The number of hydrogen-bond donors (Lipinski definition) is 0. The van der Waals surface area contributed by atoms with Crippen molar-refractivity contribution < 1.29 is 28.2 Å². The summed E-state index contributed by atoms with van der Waals surface area (Å²) in [6, 6.07) is 23.1. The summed E-state index contributed by atoms with van der Waals surface area (Å²) in [4.78, 5) is 33.6. The Kier molecular flexibility index (Phi) is 8.39. The lowest BCUT2D eigenvalue weighted by Crippen LogP contribution is -2.47. The Bertz CT molecular complexity index is 1560. The number of carbonyl (C=O) groups is 2. The lowest BCUT2D eigenvalue weighted by Gasteiger charge is -2.31. The molecular formula is C33H35N3O6. The standard InChI is InChI=1S/C33H35N3O6/c1-24-6-10-29(42-24)21-36(20-25-7-11-30-31(18-25)41-23-40-30)32(37)22-35(13-12-34-14-16-39-17-15-34)33(38)28-9-8-26-4-2-3-5-27(26)19-28/h2-11,18-19H,12-17,20-23H2,1H3. The maximum atomic E-state index is 14.0. The fraction of sp³-hybridized carbons (Fsp3) is 0.333. The molecule has 218 valence electrons. The summed E-state index contributed by atoms with van der Waals surface area (Å²) in [6.07, 6.45) is 0. The lowest BCUT2D eigenvalue weighted by molar-refractivity contribution is -0.133. The third-order valence-electron chi connectivity index (χ3n) is 7.71. The third kappa shape index (κ3) is 6.58. The molecule has 0 saturated carbocycles. The van der Waals surface area contributed by atoms with Crippen molar-refractivity contribution in [1.29, 1.82) is 0 Å². The van der Waals surface area contributed by atoms with Gasteiger partial charge in [0.15, 0.2) is 11.5 Å². The molecule has 9 heteroatoms. The molecule has 0 radical (unpaired) electrons. The Morgan fingerprint density at radius 3 is 2.45 bits per heavy atom. The van der Waals surface area contributed by atoms with E-state index in [4.69, 9.17) is 18.6 Å². The summed E-state index contributed by atoms with van der Waals surface area (Å²) >= 11 is 0. The molecule has 0 atom stereocenters. The SMILES string of the molecule is Cc1ccc(CN(Cc2ccc3c(c2)OCO3)C(=O)CN(CCN2CCOCC2)C(=O)c2ccc3ccccc3c2)o1. The van der Waals surface area contributed by atoms with Gasteiger partial charge in [-0.2, -0.15) is 0 Å². The molecule has 4 aromatic rings. The molecule has 3 heterocycles. The van der Waals surface area contributed by atoms with Crippen LogP contribution in [0.5, 0.6) is 11.5 Å². The van der Waals surface area contributed by atoms with E-state index in [1.807, 2.05) is 79.7 Å². The topological polar surface area (TPSA) is 84.7 Å². The third-order valence-corrected chi connectivity index (χ3v) is 7.71. The van der Waals surface area contributed by atoms with Crippen LogP contribution in [0.3, 0.4) is 0 Å². The van der Waals surface area contributed by atoms with Gasteiger partial charge in [-0.15, -0.1) is 0 Å². The molecule has 2 amide bonds. The first kappa shape index (κ1) is 27.8. The molecule has 0 spiro atoms. The number of hydrogen-bond acceptors (Lipinski definition) is 7. The van der Waals surface area contributed by atoms with Gasteiger partial charge in [0, 0.05) is 38.3 Å². The number of ether oxygens (including phenoxy) is 3. The zero-order valence-electron chi connectivity index (χ0n) is 23.8. The Balaban J connectivity index is 1.24. The second-order valence-electron chi connectivity index (χ2n) is 10.7. The second kappa shape index (κ2) is 12.7. The van der Waals surface area contributed by atoms with E-state index in [0.29, 0.717) is 55.7 Å². The summed E-state index contributed by atoms with van der Waals surface area (Å²) in [7, 11) is 0. The molecule has 1 fully saturated rings. The van der Waals surface area contributed by atoms with Gasteiger partial charge in [0.1, 0.15) is 18.1 Å². The van der Waals surface area contributed by atoms with Crippen LogP contribution in [-0.2, 0) is 22.6 Å². The fourth-order valence-corrected chi connectivity index (χ4v) is 5.36. The minimum absolute atomic E-state index is 0.0553. The molecule has 0 aliphatic carbocycles. The van der Waals surface area contributed by atoms with E-state index in [0.717, 1.165) is 35.2 Å². The largest absolute Gasteiger partial charge is 0.464 e. The van der Waals surface area contributed by atoms with E-state index in [1.54, 1.807) is 9.80 Å². The molecule has 6 rings (SSSR count). The quantitative estimate of drug-likeness (QED) is 0.279. The predicted octanol–water partition coefficient (Wildman–Crippen LogP) is 4.47. The molecule has 0 N–H and O–H groups in total. The zero-order chi connectivity index (χ0) is 28.9. The first-order valence-electron chi connectivity index (χ1n) is 14.3. The van der Waals surface area contributed by atoms with Crippen molar-refractivity contribution in [1.82, 2.24) is 14.7 Å². The van der Waals surface area contributed by atoms with Crippen LogP contribution in [0.2, 0.25) is 0 Å². The average Bonchev–Trinajstić information content (AvgIpc) is 3.66. The van der Waals surface area contributed by atoms with Crippen LogP contribution in [0, 0.1) is 6.92 Å². The summed E-state index contributed by atoms with van der Waals surface area (Å²) in [5, 5.41) is 2.05. The molecule has 2 aliphatic rings. The molecule has 2 aliphatic heterocycles.